The number of hydrogen-bond donors (Lipinski definition) is 2. The summed E-state index contributed by atoms with van der Waals surface area (Å²) in [6.07, 6.45) is 1.54. The van der Waals surface area contributed by atoms with Gasteiger partial charge in [-0.05, 0) is 62.5 Å². The molecule has 7 nitrogen and oxygen atoms in total. The van der Waals surface area contributed by atoms with Crippen LogP contribution in [0.3, 0.4) is 0 Å². The van der Waals surface area contributed by atoms with Crippen molar-refractivity contribution in [3.8, 4) is 5.75 Å². The second-order valence-electron chi connectivity index (χ2n) is 6.38. The van der Waals surface area contributed by atoms with Gasteiger partial charge in [0.2, 0.25) is 10.0 Å². The Labute approximate surface area is 160 Å². The molecule has 1 saturated heterocycles. The molecule has 2 unspecified atom stereocenters. The number of carbonyl (C=O) groups is 1. The zero-order valence-corrected chi connectivity index (χ0v) is 16.3. The van der Waals surface area contributed by atoms with E-state index in [0.29, 0.717) is 30.2 Å². The Bertz CT molecular complexity index is 735. The second-order valence-corrected chi connectivity index (χ2v) is 8.14. The molecule has 0 aromatic heterocycles. The SMILES string of the molecule is CCOC(=O)C1Cc2cc(S(=O)(=O)NCCC3CCNC3)ccc2O1.Cl. The van der Waals surface area contributed by atoms with Crippen molar-refractivity contribution in [1.29, 1.82) is 0 Å². The Morgan fingerprint density at radius 3 is 2.92 bits per heavy atom. The van der Waals surface area contributed by atoms with Gasteiger partial charge in [0.1, 0.15) is 5.75 Å². The van der Waals surface area contributed by atoms with E-state index >= 15 is 0 Å². The lowest BCUT2D eigenvalue weighted by atomic mass is 10.1. The van der Waals surface area contributed by atoms with Gasteiger partial charge in [-0.25, -0.2) is 17.9 Å². The standard InChI is InChI=1S/C17H24N2O5S.ClH/c1-2-23-17(20)16-10-13-9-14(3-4-15(13)24-16)25(21,22)19-8-6-12-5-7-18-11-12;/h3-4,9,12,16,18-19H,2,5-8,10-11H2,1H3;1H. The number of rotatable bonds is 7. The molecule has 146 valence electrons. The number of nitrogens with one attached hydrogen (secondary N) is 2. The van der Waals surface area contributed by atoms with Crippen molar-refractivity contribution in [2.24, 2.45) is 5.92 Å². The number of hydrogen-bond acceptors (Lipinski definition) is 6. The molecule has 1 aromatic carbocycles. The van der Waals surface area contributed by atoms with Gasteiger partial charge in [0.15, 0.2) is 6.10 Å². The number of fused-ring (bicyclic) bond motifs is 1. The fourth-order valence-corrected chi connectivity index (χ4v) is 4.30. The first kappa shape index (κ1) is 21.0. The molecule has 2 atom stereocenters. The van der Waals surface area contributed by atoms with Gasteiger partial charge in [0.25, 0.3) is 0 Å². The first-order valence-electron chi connectivity index (χ1n) is 8.66. The molecule has 3 rings (SSSR count). The van der Waals surface area contributed by atoms with Crippen molar-refractivity contribution in [3.63, 3.8) is 0 Å². The Kier molecular flexibility index (Phi) is 7.28. The molecule has 0 aliphatic carbocycles. The van der Waals surface area contributed by atoms with Crippen molar-refractivity contribution >= 4 is 28.4 Å². The average Bonchev–Trinajstić information content (AvgIpc) is 3.23. The van der Waals surface area contributed by atoms with Crippen LogP contribution in [0.25, 0.3) is 0 Å². The molecule has 9 heteroatoms. The van der Waals surface area contributed by atoms with E-state index in [4.69, 9.17) is 9.47 Å². The molecule has 0 amide bonds. The molecule has 1 fully saturated rings. The van der Waals surface area contributed by atoms with Crippen LogP contribution in [0.1, 0.15) is 25.3 Å². The topological polar surface area (TPSA) is 93.7 Å². The number of benzene rings is 1. The van der Waals surface area contributed by atoms with Gasteiger partial charge < -0.3 is 14.8 Å². The predicted molar refractivity (Wildman–Crippen MR) is 99.2 cm³/mol. The lowest BCUT2D eigenvalue weighted by Crippen LogP contribution is -2.27. The van der Waals surface area contributed by atoms with Crippen molar-refractivity contribution in [2.75, 3.05) is 26.2 Å². The van der Waals surface area contributed by atoms with Crippen LogP contribution in [0.4, 0.5) is 0 Å². The van der Waals surface area contributed by atoms with Crippen LogP contribution in [0, 0.1) is 5.92 Å². The highest BCUT2D eigenvalue weighted by molar-refractivity contribution is 7.89. The van der Waals surface area contributed by atoms with E-state index in [1.165, 1.54) is 6.07 Å². The minimum absolute atomic E-state index is 0. The summed E-state index contributed by atoms with van der Waals surface area (Å²) in [6, 6.07) is 4.68. The van der Waals surface area contributed by atoms with Gasteiger partial charge in [0, 0.05) is 13.0 Å². The highest BCUT2D eigenvalue weighted by Crippen LogP contribution is 2.31. The van der Waals surface area contributed by atoms with Crippen LogP contribution in [-0.2, 0) is 26.0 Å². The third-order valence-corrected chi connectivity index (χ3v) is 6.03. The highest BCUT2D eigenvalue weighted by atomic mass is 35.5. The monoisotopic (exact) mass is 404 g/mol. The maximum absolute atomic E-state index is 12.5. The molecule has 1 aromatic rings. The fourth-order valence-electron chi connectivity index (χ4n) is 3.20. The molecule has 0 spiro atoms. The van der Waals surface area contributed by atoms with E-state index in [9.17, 15) is 13.2 Å². The first-order chi connectivity index (χ1) is 12.0. The van der Waals surface area contributed by atoms with E-state index in [2.05, 4.69) is 10.0 Å². The minimum Gasteiger partial charge on any atom is -0.478 e. The van der Waals surface area contributed by atoms with Crippen LogP contribution in [-0.4, -0.2) is 46.7 Å². The van der Waals surface area contributed by atoms with E-state index < -0.39 is 22.1 Å². The molecular weight excluding hydrogens is 380 g/mol. The molecule has 2 aliphatic heterocycles. The summed E-state index contributed by atoms with van der Waals surface area (Å²) in [4.78, 5) is 12.0. The summed E-state index contributed by atoms with van der Waals surface area (Å²) in [5.41, 5.74) is 0.709. The van der Waals surface area contributed by atoms with Gasteiger partial charge in [-0.15, -0.1) is 12.4 Å². The summed E-state index contributed by atoms with van der Waals surface area (Å²) in [6.45, 7) is 4.40. The normalized spacial score (nSPS) is 21.6. The first-order valence-corrected chi connectivity index (χ1v) is 10.1. The maximum atomic E-state index is 12.5. The van der Waals surface area contributed by atoms with Crippen LogP contribution >= 0.6 is 12.4 Å². The summed E-state index contributed by atoms with van der Waals surface area (Å²) < 4.78 is 38.1. The quantitative estimate of drug-likeness (QED) is 0.664. The molecule has 2 N–H and O–H groups in total. The zero-order chi connectivity index (χ0) is 17.9. The summed E-state index contributed by atoms with van der Waals surface area (Å²) in [5.74, 6) is 0.641. The number of sulfonamides is 1. The summed E-state index contributed by atoms with van der Waals surface area (Å²) in [5, 5.41) is 3.27. The lowest BCUT2D eigenvalue weighted by Gasteiger charge is -2.10. The van der Waals surface area contributed by atoms with E-state index in [1.807, 2.05) is 0 Å². The van der Waals surface area contributed by atoms with Crippen molar-refractivity contribution in [2.45, 2.75) is 37.2 Å². The largest absolute Gasteiger partial charge is 0.478 e. The molecule has 26 heavy (non-hydrogen) atoms. The highest BCUT2D eigenvalue weighted by Gasteiger charge is 2.31. The fraction of sp³-hybridized carbons (Fsp3) is 0.588. The third kappa shape index (κ3) is 4.88. The molecule has 0 bridgehead atoms. The minimum atomic E-state index is -3.56. The number of esters is 1. The van der Waals surface area contributed by atoms with Gasteiger partial charge in [-0.3, -0.25) is 0 Å². The maximum Gasteiger partial charge on any atom is 0.347 e. The van der Waals surface area contributed by atoms with Gasteiger partial charge >= 0.3 is 5.97 Å². The average molecular weight is 405 g/mol. The van der Waals surface area contributed by atoms with Crippen LogP contribution in [0.5, 0.6) is 5.75 Å². The van der Waals surface area contributed by atoms with Gasteiger partial charge in [0.05, 0.1) is 11.5 Å². The molecule has 2 aliphatic rings. The molecule has 0 saturated carbocycles. The lowest BCUT2D eigenvalue weighted by molar-refractivity contribution is -0.150. The van der Waals surface area contributed by atoms with Crippen molar-refractivity contribution in [3.05, 3.63) is 23.8 Å². The van der Waals surface area contributed by atoms with E-state index in [-0.39, 0.29) is 23.9 Å². The van der Waals surface area contributed by atoms with Gasteiger partial charge in [-0.2, -0.15) is 0 Å². The predicted octanol–water partition coefficient (Wildman–Crippen LogP) is 1.25. The van der Waals surface area contributed by atoms with E-state index in [1.54, 1.807) is 19.1 Å². The molecule has 0 radical (unpaired) electrons. The Hall–Kier alpha value is -1.35. The van der Waals surface area contributed by atoms with E-state index in [0.717, 1.165) is 25.9 Å². The van der Waals surface area contributed by atoms with Gasteiger partial charge in [-0.1, -0.05) is 0 Å². The number of halogens is 1. The van der Waals surface area contributed by atoms with Crippen molar-refractivity contribution < 1.29 is 22.7 Å². The number of ether oxygens (including phenoxy) is 2. The van der Waals surface area contributed by atoms with Crippen LogP contribution in [0.2, 0.25) is 0 Å². The smallest absolute Gasteiger partial charge is 0.347 e. The third-order valence-electron chi connectivity index (χ3n) is 4.57. The Morgan fingerprint density at radius 1 is 1.42 bits per heavy atom. The summed E-state index contributed by atoms with van der Waals surface area (Å²) in [7, 11) is -3.56. The van der Waals surface area contributed by atoms with Crippen molar-refractivity contribution in [1.82, 2.24) is 10.0 Å². The van der Waals surface area contributed by atoms with Crippen LogP contribution < -0.4 is 14.8 Å². The number of carbonyl (C=O) groups excluding carboxylic acids is 1. The Balaban J connectivity index is 0.00000243. The second kappa shape index (κ2) is 9.03. The summed E-state index contributed by atoms with van der Waals surface area (Å²) >= 11 is 0. The van der Waals surface area contributed by atoms with Crippen LogP contribution in [0.15, 0.2) is 23.1 Å². The molecule has 2 heterocycles. The zero-order valence-electron chi connectivity index (χ0n) is 14.7. The Morgan fingerprint density at radius 2 is 2.23 bits per heavy atom. The molecular formula is C17H25ClN2O5S.